The Morgan fingerprint density at radius 2 is 1.57 bits per heavy atom. The number of nitrogens with one attached hydrogen (secondary N) is 1. The normalized spacial score (nSPS) is 16.5. The van der Waals surface area contributed by atoms with Gasteiger partial charge in [0, 0.05) is 49.7 Å². The van der Waals surface area contributed by atoms with Crippen LogP contribution in [0, 0.1) is 0 Å². The molecular formula is C30H32Cl2N4O5S. The highest BCUT2D eigenvalue weighted by Crippen LogP contribution is 2.35. The summed E-state index contributed by atoms with van der Waals surface area (Å²) in [6, 6.07) is 17.3. The van der Waals surface area contributed by atoms with E-state index in [4.69, 9.17) is 27.9 Å². The van der Waals surface area contributed by atoms with Gasteiger partial charge in [0.15, 0.2) is 5.75 Å². The number of hydrogen-bond acceptors (Lipinski definition) is 7. The third-order valence-corrected chi connectivity index (χ3v) is 9.28. The predicted octanol–water partition coefficient (Wildman–Crippen LogP) is 5.01. The van der Waals surface area contributed by atoms with E-state index in [1.807, 2.05) is 0 Å². The minimum Gasteiger partial charge on any atom is -0.454 e. The van der Waals surface area contributed by atoms with Crippen molar-refractivity contribution in [3.63, 3.8) is 0 Å². The number of rotatable bonds is 10. The van der Waals surface area contributed by atoms with E-state index >= 15 is 0 Å². The highest BCUT2D eigenvalue weighted by atomic mass is 35.5. The number of para-hydroxylation sites is 2. The maximum atomic E-state index is 13.2. The van der Waals surface area contributed by atoms with Crippen molar-refractivity contribution in [2.24, 2.45) is 0 Å². The maximum absolute atomic E-state index is 13.2. The first-order chi connectivity index (χ1) is 20.2. The molecule has 0 aromatic heterocycles. The minimum absolute atomic E-state index is 0.0166. The zero-order valence-corrected chi connectivity index (χ0v) is 25.3. The SMILES string of the molecule is O=C1CCN(CCCN2CCN(C(=O)c3ccc(S(=O)(=O)Nc4ccccc4Oc4ccc(Cl)cc4Cl)cc3)CC2)C1. The molecule has 12 heteroatoms. The number of carbonyl (C=O) groups is 2. The number of carbonyl (C=O) groups excluding carboxylic acids is 2. The number of piperazine rings is 1. The van der Waals surface area contributed by atoms with Crippen molar-refractivity contribution < 1.29 is 22.7 Å². The number of ether oxygens (including phenoxy) is 1. The summed E-state index contributed by atoms with van der Waals surface area (Å²) in [7, 11) is -3.98. The fourth-order valence-electron chi connectivity index (χ4n) is 5.05. The lowest BCUT2D eigenvalue weighted by atomic mass is 10.2. The zero-order chi connectivity index (χ0) is 29.7. The average molecular weight is 632 g/mol. The van der Waals surface area contributed by atoms with Crippen molar-refractivity contribution in [2.75, 3.05) is 57.1 Å². The molecule has 1 amide bonds. The second-order valence-electron chi connectivity index (χ2n) is 10.4. The van der Waals surface area contributed by atoms with Crippen LogP contribution >= 0.6 is 23.2 Å². The summed E-state index contributed by atoms with van der Waals surface area (Å²) in [5, 5.41) is 0.743. The fraction of sp³-hybridized carbons (Fsp3) is 0.333. The van der Waals surface area contributed by atoms with Crippen molar-refractivity contribution >= 4 is 50.6 Å². The lowest BCUT2D eigenvalue weighted by Crippen LogP contribution is -2.49. The molecule has 1 N–H and O–H groups in total. The summed E-state index contributed by atoms with van der Waals surface area (Å²) in [4.78, 5) is 30.9. The molecule has 2 saturated heterocycles. The van der Waals surface area contributed by atoms with E-state index in [1.54, 1.807) is 41.3 Å². The van der Waals surface area contributed by atoms with Gasteiger partial charge >= 0.3 is 0 Å². The van der Waals surface area contributed by atoms with Crippen molar-refractivity contribution in [1.82, 2.24) is 14.7 Å². The van der Waals surface area contributed by atoms with E-state index < -0.39 is 10.0 Å². The van der Waals surface area contributed by atoms with E-state index in [1.165, 1.54) is 30.3 Å². The molecule has 42 heavy (non-hydrogen) atoms. The first-order valence-electron chi connectivity index (χ1n) is 13.8. The molecule has 3 aromatic rings. The quantitative estimate of drug-likeness (QED) is 0.336. The Morgan fingerprint density at radius 3 is 2.26 bits per heavy atom. The molecule has 3 aromatic carbocycles. The van der Waals surface area contributed by atoms with Gasteiger partial charge in [-0.3, -0.25) is 24.1 Å². The number of sulfonamides is 1. The van der Waals surface area contributed by atoms with Crippen LogP contribution in [0.4, 0.5) is 5.69 Å². The van der Waals surface area contributed by atoms with Gasteiger partial charge in [-0.05, 0) is 74.1 Å². The Morgan fingerprint density at radius 1 is 0.857 bits per heavy atom. The molecular weight excluding hydrogens is 599 g/mol. The monoisotopic (exact) mass is 630 g/mol. The van der Waals surface area contributed by atoms with E-state index in [9.17, 15) is 18.0 Å². The van der Waals surface area contributed by atoms with Crippen molar-refractivity contribution in [3.05, 3.63) is 82.3 Å². The van der Waals surface area contributed by atoms with Gasteiger partial charge in [-0.2, -0.15) is 0 Å². The van der Waals surface area contributed by atoms with Gasteiger partial charge in [0.2, 0.25) is 0 Å². The van der Waals surface area contributed by atoms with Gasteiger partial charge in [0.1, 0.15) is 11.5 Å². The standard InChI is InChI=1S/C30H32Cl2N4O5S/c31-23-8-11-28(26(32)20-23)41-29-5-2-1-4-27(29)33-42(39,40)25-9-6-22(7-10-25)30(38)36-18-16-34(17-19-36)13-3-14-35-15-12-24(37)21-35/h1-2,4-11,20,33H,3,12-19,21H2. The number of hydrogen-bond donors (Lipinski definition) is 1. The largest absolute Gasteiger partial charge is 0.454 e. The Labute approximate surface area is 256 Å². The molecule has 0 bridgehead atoms. The lowest BCUT2D eigenvalue weighted by Gasteiger charge is -2.35. The molecule has 0 unspecified atom stereocenters. The van der Waals surface area contributed by atoms with Gasteiger partial charge < -0.3 is 9.64 Å². The second-order valence-corrected chi connectivity index (χ2v) is 12.9. The average Bonchev–Trinajstić information content (AvgIpc) is 3.40. The van der Waals surface area contributed by atoms with E-state index in [0.29, 0.717) is 48.2 Å². The van der Waals surface area contributed by atoms with E-state index in [0.717, 1.165) is 39.1 Å². The topological polar surface area (TPSA) is 99.3 Å². The highest BCUT2D eigenvalue weighted by molar-refractivity contribution is 7.92. The summed E-state index contributed by atoms with van der Waals surface area (Å²) in [6.07, 6.45) is 1.66. The summed E-state index contributed by atoms with van der Waals surface area (Å²) in [5.74, 6) is 0.791. The van der Waals surface area contributed by atoms with Crippen molar-refractivity contribution in [3.8, 4) is 11.5 Å². The first kappa shape index (κ1) is 30.3. The number of ketones is 1. The van der Waals surface area contributed by atoms with E-state index in [2.05, 4.69) is 14.5 Å². The van der Waals surface area contributed by atoms with Crippen LogP contribution in [0.15, 0.2) is 71.6 Å². The number of anilines is 1. The fourth-order valence-corrected chi connectivity index (χ4v) is 6.57. The molecule has 0 spiro atoms. The second kappa shape index (κ2) is 13.4. The van der Waals surface area contributed by atoms with Crippen LogP contribution in [0.1, 0.15) is 23.2 Å². The third-order valence-electron chi connectivity index (χ3n) is 7.37. The van der Waals surface area contributed by atoms with Crippen LogP contribution in [0.2, 0.25) is 10.0 Å². The first-order valence-corrected chi connectivity index (χ1v) is 16.0. The predicted molar refractivity (Wildman–Crippen MR) is 163 cm³/mol. The van der Waals surface area contributed by atoms with Gasteiger partial charge in [-0.1, -0.05) is 35.3 Å². The summed E-state index contributed by atoms with van der Waals surface area (Å²) >= 11 is 12.2. The molecule has 0 saturated carbocycles. The van der Waals surface area contributed by atoms with Gasteiger partial charge in [0.25, 0.3) is 15.9 Å². The van der Waals surface area contributed by atoms with Crippen molar-refractivity contribution in [2.45, 2.75) is 17.7 Å². The van der Waals surface area contributed by atoms with Gasteiger partial charge in [-0.15, -0.1) is 0 Å². The molecule has 2 aliphatic heterocycles. The summed E-state index contributed by atoms with van der Waals surface area (Å²) in [5.41, 5.74) is 0.665. The molecule has 2 heterocycles. The van der Waals surface area contributed by atoms with Crippen LogP contribution in [0.5, 0.6) is 11.5 Å². The molecule has 2 aliphatic rings. The van der Waals surface area contributed by atoms with Crippen LogP contribution in [-0.4, -0.2) is 87.2 Å². The molecule has 0 aliphatic carbocycles. The molecule has 2 fully saturated rings. The smallest absolute Gasteiger partial charge is 0.262 e. The number of benzene rings is 3. The highest BCUT2D eigenvalue weighted by Gasteiger charge is 2.24. The number of amides is 1. The van der Waals surface area contributed by atoms with Gasteiger partial charge in [0.05, 0.1) is 22.2 Å². The van der Waals surface area contributed by atoms with Crippen molar-refractivity contribution in [1.29, 1.82) is 0 Å². The summed E-state index contributed by atoms with van der Waals surface area (Å²) < 4.78 is 34.8. The van der Waals surface area contributed by atoms with Crippen LogP contribution in [0.25, 0.3) is 0 Å². The lowest BCUT2D eigenvalue weighted by molar-refractivity contribution is -0.116. The van der Waals surface area contributed by atoms with E-state index in [-0.39, 0.29) is 27.3 Å². The molecule has 9 nitrogen and oxygen atoms in total. The number of Topliss-reactive ketones (excluding diaryl/α,β-unsaturated/α-hetero) is 1. The Hall–Kier alpha value is -3.15. The van der Waals surface area contributed by atoms with Gasteiger partial charge in [-0.25, -0.2) is 8.42 Å². The molecule has 5 rings (SSSR count). The van der Waals surface area contributed by atoms with Crippen LogP contribution in [0.3, 0.4) is 0 Å². The zero-order valence-electron chi connectivity index (χ0n) is 23.0. The van der Waals surface area contributed by atoms with Crippen LogP contribution in [-0.2, 0) is 14.8 Å². The maximum Gasteiger partial charge on any atom is 0.262 e. The molecule has 0 radical (unpaired) electrons. The van der Waals surface area contributed by atoms with Crippen LogP contribution < -0.4 is 9.46 Å². The number of likely N-dealkylation sites (tertiary alicyclic amines) is 1. The number of nitrogens with zero attached hydrogens (tertiary/aromatic N) is 3. The Kier molecular flexibility index (Phi) is 9.70. The number of halogens is 2. The summed E-state index contributed by atoms with van der Waals surface area (Å²) in [6.45, 7) is 6.07. The molecule has 0 atom stereocenters. The molecule has 222 valence electrons. The Balaban J connectivity index is 1.15. The minimum atomic E-state index is -3.98. The third kappa shape index (κ3) is 7.62. The Bertz CT molecular complexity index is 1540.